The number of aromatic nitrogens is 4. The maximum atomic E-state index is 11.1. The van der Waals surface area contributed by atoms with Crippen LogP contribution in [0, 0.1) is 0 Å². The second-order valence-electron chi connectivity index (χ2n) is 3.75. The highest BCUT2D eigenvalue weighted by Crippen LogP contribution is 2.20. The van der Waals surface area contributed by atoms with Gasteiger partial charge in [0.15, 0.2) is 0 Å². The lowest BCUT2D eigenvalue weighted by Gasteiger charge is -2.05. The molecule has 2 aromatic rings. The van der Waals surface area contributed by atoms with E-state index in [0.717, 1.165) is 11.4 Å². The SMILES string of the molecule is COC(=O)CCSc1nnnn1-c1ccc(OC)cc1. The van der Waals surface area contributed by atoms with Crippen molar-refractivity contribution in [1.29, 1.82) is 0 Å². The molecule has 0 atom stereocenters. The molecular weight excluding hydrogens is 280 g/mol. The van der Waals surface area contributed by atoms with Crippen LogP contribution in [0.5, 0.6) is 5.75 Å². The Morgan fingerprint density at radius 2 is 2.05 bits per heavy atom. The van der Waals surface area contributed by atoms with Crippen LogP contribution in [0.1, 0.15) is 6.42 Å². The molecule has 20 heavy (non-hydrogen) atoms. The van der Waals surface area contributed by atoms with Gasteiger partial charge in [0.25, 0.3) is 0 Å². The van der Waals surface area contributed by atoms with Crippen LogP contribution in [0.2, 0.25) is 0 Å². The van der Waals surface area contributed by atoms with Crippen LogP contribution in [-0.4, -0.2) is 46.1 Å². The predicted molar refractivity (Wildman–Crippen MR) is 73.1 cm³/mol. The number of benzene rings is 1. The molecule has 0 amide bonds. The minimum Gasteiger partial charge on any atom is -0.497 e. The van der Waals surface area contributed by atoms with Gasteiger partial charge in [-0.2, -0.15) is 4.68 Å². The molecule has 0 radical (unpaired) electrons. The van der Waals surface area contributed by atoms with E-state index in [4.69, 9.17) is 4.74 Å². The van der Waals surface area contributed by atoms with Gasteiger partial charge < -0.3 is 9.47 Å². The monoisotopic (exact) mass is 294 g/mol. The van der Waals surface area contributed by atoms with Gasteiger partial charge in [-0.25, -0.2) is 0 Å². The van der Waals surface area contributed by atoms with Gasteiger partial charge in [0.05, 0.1) is 26.3 Å². The first-order chi connectivity index (χ1) is 9.74. The van der Waals surface area contributed by atoms with Crippen molar-refractivity contribution in [3.63, 3.8) is 0 Å². The molecule has 1 aromatic carbocycles. The topological polar surface area (TPSA) is 79.1 Å². The number of carbonyl (C=O) groups excluding carboxylic acids is 1. The van der Waals surface area contributed by atoms with Crippen LogP contribution >= 0.6 is 11.8 Å². The lowest BCUT2D eigenvalue weighted by molar-refractivity contribution is -0.140. The number of nitrogens with zero attached hydrogens (tertiary/aromatic N) is 4. The van der Waals surface area contributed by atoms with Crippen molar-refractivity contribution in [3.05, 3.63) is 24.3 Å². The molecule has 0 unspecified atom stereocenters. The number of carbonyl (C=O) groups is 1. The van der Waals surface area contributed by atoms with Crippen molar-refractivity contribution in [3.8, 4) is 11.4 Å². The molecule has 2 rings (SSSR count). The molecule has 0 bridgehead atoms. The van der Waals surface area contributed by atoms with E-state index in [-0.39, 0.29) is 5.97 Å². The summed E-state index contributed by atoms with van der Waals surface area (Å²) >= 11 is 1.40. The lowest BCUT2D eigenvalue weighted by atomic mass is 10.3. The molecule has 7 nitrogen and oxygen atoms in total. The number of ether oxygens (including phenoxy) is 2. The van der Waals surface area contributed by atoms with Gasteiger partial charge >= 0.3 is 5.97 Å². The van der Waals surface area contributed by atoms with Gasteiger partial charge in [-0.15, -0.1) is 5.10 Å². The number of hydrogen-bond acceptors (Lipinski definition) is 7. The summed E-state index contributed by atoms with van der Waals surface area (Å²) < 4.78 is 11.3. The molecule has 0 spiro atoms. The Morgan fingerprint density at radius 1 is 1.30 bits per heavy atom. The summed E-state index contributed by atoms with van der Waals surface area (Å²) in [7, 11) is 2.98. The Labute approximate surface area is 120 Å². The summed E-state index contributed by atoms with van der Waals surface area (Å²) in [6.07, 6.45) is 0.316. The summed E-state index contributed by atoms with van der Waals surface area (Å²) in [5.74, 6) is 1.08. The number of rotatable bonds is 6. The molecule has 0 aliphatic rings. The number of hydrogen-bond donors (Lipinski definition) is 0. The predicted octanol–water partition coefficient (Wildman–Crippen LogP) is 1.33. The quantitative estimate of drug-likeness (QED) is 0.587. The molecule has 8 heteroatoms. The third-order valence-electron chi connectivity index (χ3n) is 2.52. The normalized spacial score (nSPS) is 10.3. The number of thioether (sulfide) groups is 1. The Bertz CT molecular complexity index is 570. The van der Waals surface area contributed by atoms with Gasteiger partial charge in [0.2, 0.25) is 5.16 Å². The van der Waals surface area contributed by atoms with Gasteiger partial charge in [-0.3, -0.25) is 4.79 Å². The number of methoxy groups -OCH3 is 2. The van der Waals surface area contributed by atoms with E-state index in [2.05, 4.69) is 20.3 Å². The van der Waals surface area contributed by atoms with E-state index < -0.39 is 0 Å². The van der Waals surface area contributed by atoms with Crippen LogP contribution < -0.4 is 4.74 Å². The maximum absolute atomic E-state index is 11.1. The molecule has 0 saturated carbocycles. The largest absolute Gasteiger partial charge is 0.497 e. The zero-order chi connectivity index (χ0) is 14.4. The number of tetrazole rings is 1. The van der Waals surface area contributed by atoms with Crippen molar-refractivity contribution in [2.24, 2.45) is 0 Å². The van der Waals surface area contributed by atoms with Crippen LogP contribution in [-0.2, 0) is 9.53 Å². The van der Waals surface area contributed by atoms with Crippen LogP contribution in [0.25, 0.3) is 5.69 Å². The first-order valence-electron chi connectivity index (χ1n) is 5.87. The highest BCUT2D eigenvalue weighted by Gasteiger charge is 2.10. The van der Waals surface area contributed by atoms with Crippen LogP contribution in [0.15, 0.2) is 29.4 Å². The third kappa shape index (κ3) is 3.47. The summed E-state index contributed by atoms with van der Waals surface area (Å²) in [4.78, 5) is 11.1. The number of esters is 1. The Morgan fingerprint density at radius 3 is 2.70 bits per heavy atom. The molecule has 106 valence electrons. The molecule has 0 fully saturated rings. The average molecular weight is 294 g/mol. The fourth-order valence-electron chi connectivity index (χ4n) is 1.48. The van der Waals surface area contributed by atoms with E-state index in [1.165, 1.54) is 18.9 Å². The fourth-order valence-corrected chi connectivity index (χ4v) is 2.29. The van der Waals surface area contributed by atoms with E-state index in [0.29, 0.717) is 17.3 Å². The third-order valence-corrected chi connectivity index (χ3v) is 3.44. The van der Waals surface area contributed by atoms with Gasteiger partial charge in [0.1, 0.15) is 5.75 Å². The Hall–Kier alpha value is -2.09. The lowest BCUT2D eigenvalue weighted by Crippen LogP contribution is -2.03. The van der Waals surface area contributed by atoms with E-state index in [1.807, 2.05) is 24.3 Å². The minimum atomic E-state index is -0.249. The highest BCUT2D eigenvalue weighted by atomic mass is 32.2. The van der Waals surface area contributed by atoms with Crippen molar-refractivity contribution in [1.82, 2.24) is 20.2 Å². The molecule has 1 heterocycles. The van der Waals surface area contributed by atoms with Gasteiger partial charge in [-0.05, 0) is 34.7 Å². The maximum Gasteiger partial charge on any atom is 0.306 e. The zero-order valence-corrected chi connectivity index (χ0v) is 12.0. The molecule has 1 aromatic heterocycles. The van der Waals surface area contributed by atoms with Crippen LogP contribution in [0.4, 0.5) is 0 Å². The van der Waals surface area contributed by atoms with E-state index in [9.17, 15) is 4.79 Å². The molecule has 0 saturated heterocycles. The average Bonchev–Trinajstić information content (AvgIpc) is 2.95. The minimum absolute atomic E-state index is 0.249. The van der Waals surface area contributed by atoms with E-state index >= 15 is 0 Å². The molecular formula is C12H14N4O3S. The highest BCUT2D eigenvalue weighted by molar-refractivity contribution is 7.99. The fraction of sp³-hybridized carbons (Fsp3) is 0.333. The first-order valence-corrected chi connectivity index (χ1v) is 6.85. The smallest absolute Gasteiger partial charge is 0.306 e. The summed E-state index contributed by atoms with van der Waals surface area (Å²) in [6, 6.07) is 7.39. The van der Waals surface area contributed by atoms with Gasteiger partial charge in [-0.1, -0.05) is 11.8 Å². The van der Waals surface area contributed by atoms with Crippen molar-refractivity contribution >= 4 is 17.7 Å². The second kappa shape index (κ2) is 6.90. The first kappa shape index (κ1) is 14.3. The van der Waals surface area contributed by atoms with Crippen molar-refractivity contribution < 1.29 is 14.3 Å². The Kier molecular flexibility index (Phi) is 4.94. The second-order valence-corrected chi connectivity index (χ2v) is 4.81. The van der Waals surface area contributed by atoms with Gasteiger partial charge in [0, 0.05) is 5.75 Å². The standard InChI is InChI=1S/C12H14N4O3S/c1-18-10-5-3-9(4-6-10)16-12(13-14-15-16)20-8-7-11(17)19-2/h3-6H,7-8H2,1-2H3. The van der Waals surface area contributed by atoms with Crippen molar-refractivity contribution in [2.75, 3.05) is 20.0 Å². The van der Waals surface area contributed by atoms with Crippen molar-refractivity contribution in [2.45, 2.75) is 11.6 Å². The molecule has 0 aliphatic carbocycles. The van der Waals surface area contributed by atoms with E-state index in [1.54, 1.807) is 11.8 Å². The summed E-state index contributed by atoms with van der Waals surface area (Å²) in [6.45, 7) is 0. The molecule has 0 aliphatic heterocycles. The zero-order valence-electron chi connectivity index (χ0n) is 11.1. The molecule has 0 N–H and O–H groups in total. The summed E-state index contributed by atoms with van der Waals surface area (Å²) in [5, 5.41) is 12.2. The Balaban J connectivity index is 2.05. The van der Waals surface area contributed by atoms with Crippen LogP contribution in [0.3, 0.4) is 0 Å². The summed E-state index contributed by atoms with van der Waals surface area (Å²) in [5.41, 5.74) is 0.830.